The van der Waals surface area contributed by atoms with Crippen molar-refractivity contribution in [1.29, 1.82) is 5.26 Å². The second kappa shape index (κ2) is 9.24. The molecule has 7 nitrogen and oxygen atoms in total. The fourth-order valence-corrected chi connectivity index (χ4v) is 4.21. The van der Waals surface area contributed by atoms with Gasteiger partial charge in [0.2, 0.25) is 5.91 Å². The molecule has 1 unspecified atom stereocenters. The lowest BCUT2D eigenvalue weighted by Gasteiger charge is -2.37. The maximum atomic E-state index is 13.1. The van der Waals surface area contributed by atoms with E-state index in [4.69, 9.17) is 4.42 Å². The molecule has 0 radical (unpaired) electrons. The van der Waals surface area contributed by atoms with E-state index < -0.39 is 17.5 Å². The average Bonchev–Trinajstić information content (AvgIpc) is 3.25. The Kier molecular flexibility index (Phi) is 6.74. The second-order valence-corrected chi connectivity index (χ2v) is 8.23. The normalized spacial score (nSPS) is 21.4. The number of piperidine rings is 1. The molecule has 2 aliphatic rings. The summed E-state index contributed by atoms with van der Waals surface area (Å²) in [5, 5.41) is 15.5. The summed E-state index contributed by atoms with van der Waals surface area (Å²) in [5.41, 5.74) is -0.857. The number of furan rings is 1. The quantitative estimate of drug-likeness (QED) is 0.782. The number of likely N-dealkylation sites (tertiary alicyclic amines) is 1. The minimum atomic E-state index is -0.857. The van der Waals surface area contributed by atoms with Crippen LogP contribution in [0, 0.1) is 17.2 Å². The Morgan fingerprint density at radius 1 is 1.32 bits per heavy atom. The molecule has 2 fully saturated rings. The molecule has 1 aliphatic heterocycles. The number of carbonyl (C=O) groups is 2. The summed E-state index contributed by atoms with van der Waals surface area (Å²) in [6, 6.07) is 4.89. The van der Waals surface area contributed by atoms with Gasteiger partial charge in [0.15, 0.2) is 5.76 Å². The van der Waals surface area contributed by atoms with Gasteiger partial charge >= 0.3 is 0 Å². The molecular weight excluding hydrogens is 356 g/mol. The summed E-state index contributed by atoms with van der Waals surface area (Å²) in [7, 11) is 2.01. The summed E-state index contributed by atoms with van der Waals surface area (Å²) in [6.07, 6.45) is 8.94. The molecule has 1 atom stereocenters. The molecule has 0 bridgehead atoms. The molecule has 2 N–H and O–H groups in total. The minimum Gasteiger partial charge on any atom is -0.459 e. The van der Waals surface area contributed by atoms with Gasteiger partial charge in [-0.3, -0.25) is 9.59 Å². The Bertz CT molecular complexity index is 696. The fourth-order valence-electron chi connectivity index (χ4n) is 4.21. The van der Waals surface area contributed by atoms with Gasteiger partial charge < -0.3 is 20.0 Å². The van der Waals surface area contributed by atoms with E-state index >= 15 is 0 Å². The highest BCUT2D eigenvalue weighted by molar-refractivity contribution is 5.95. The lowest BCUT2D eigenvalue weighted by atomic mass is 9.84. The average molecular weight is 386 g/mol. The van der Waals surface area contributed by atoms with Crippen LogP contribution in [0.2, 0.25) is 0 Å². The number of hydrogen-bond donors (Lipinski definition) is 2. The molecule has 2 heterocycles. The van der Waals surface area contributed by atoms with Crippen LogP contribution in [-0.2, 0) is 4.79 Å². The van der Waals surface area contributed by atoms with E-state index in [1.807, 2.05) is 7.05 Å². The SMILES string of the molecule is CN1CCC(C#N)(NC(=O)C(CC2CCCCC2)NC(=O)c2ccco2)CC1. The van der Waals surface area contributed by atoms with E-state index in [1.54, 1.807) is 12.1 Å². The van der Waals surface area contributed by atoms with Gasteiger partial charge in [-0.25, -0.2) is 0 Å². The highest BCUT2D eigenvalue weighted by atomic mass is 16.3. The van der Waals surface area contributed by atoms with Gasteiger partial charge in [-0.05, 0) is 44.4 Å². The molecule has 7 heteroatoms. The van der Waals surface area contributed by atoms with Crippen molar-refractivity contribution in [2.45, 2.75) is 62.9 Å². The molecule has 1 aliphatic carbocycles. The number of nitrogens with one attached hydrogen (secondary N) is 2. The number of nitriles is 1. The van der Waals surface area contributed by atoms with Gasteiger partial charge in [-0.2, -0.15) is 5.26 Å². The van der Waals surface area contributed by atoms with Gasteiger partial charge in [0.1, 0.15) is 11.6 Å². The Morgan fingerprint density at radius 2 is 2.04 bits per heavy atom. The predicted molar refractivity (Wildman–Crippen MR) is 104 cm³/mol. The molecule has 0 spiro atoms. The first-order valence-corrected chi connectivity index (χ1v) is 10.3. The zero-order chi connectivity index (χ0) is 20.0. The molecular formula is C21H30N4O3. The highest BCUT2D eigenvalue weighted by Gasteiger charge is 2.38. The smallest absolute Gasteiger partial charge is 0.287 e. The number of hydrogen-bond acceptors (Lipinski definition) is 5. The van der Waals surface area contributed by atoms with Crippen molar-refractivity contribution in [3.8, 4) is 6.07 Å². The van der Waals surface area contributed by atoms with E-state index in [1.165, 1.54) is 25.5 Å². The molecule has 28 heavy (non-hydrogen) atoms. The van der Waals surface area contributed by atoms with Crippen molar-refractivity contribution in [1.82, 2.24) is 15.5 Å². The van der Waals surface area contributed by atoms with Crippen LogP contribution in [-0.4, -0.2) is 48.4 Å². The molecule has 152 valence electrons. The van der Waals surface area contributed by atoms with E-state index in [-0.39, 0.29) is 11.7 Å². The number of carbonyl (C=O) groups excluding carboxylic acids is 2. The number of nitrogens with zero attached hydrogens (tertiary/aromatic N) is 2. The number of rotatable bonds is 6. The van der Waals surface area contributed by atoms with Gasteiger partial charge in [0.25, 0.3) is 5.91 Å². The largest absolute Gasteiger partial charge is 0.459 e. The third-order valence-corrected chi connectivity index (χ3v) is 6.08. The summed E-state index contributed by atoms with van der Waals surface area (Å²) in [5.74, 6) is -0.0559. The van der Waals surface area contributed by atoms with Crippen molar-refractivity contribution < 1.29 is 14.0 Å². The molecule has 1 saturated carbocycles. The first-order chi connectivity index (χ1) is 13.5. The maximum absolute atomic E-state index is 13.1. The van der Waals surface area contributed by atoms with Crippen LogP contribution in [0.25, 0.3) is 0 Å². The van der Waals surface area contributed by atoms with Crippen LogP contribution in [0.15, 0.2) is 22.8 Å². The monoisotopic (exact) mass is 386 g/mol. The van der Waals surface area contributed by atoms with E-state index in [2.05, 4.69) is 21.6 Å². The first-order valence-electron chi connectivity index (χ1n) is 10.3. The lowest BCUT2D eigenvalue weighted by molar-refractivity contribution is -0.125. The van der Waals surface area contributed by atoms with Crippen LogP contribution in [0.3, 0.4) is 0 Å². The van der Waals surface area contributed by atoms with Gasteiger partial charge in [-0.15, -0.1) is 0 Å². The molecule has 1 saturated heterocycles. The first kappa shape index (κ1) is 20.4. The van der Waals surface area contributed by atoms with Gasteiger partial charge in [-0.1, -0.05) is 32.1 Å². The predicted octanol–water partition coefficient (Wildman–Crippen LogP) is 2.45. The summed E-state index contributed by atoms with van der Waals surface area (Å²) in [4.78, 5) is 27.8. The summed E-state index contributed by atoms with van der Waals surface area (Å²) in [6.45, 7) is 1.53. The third kappa shape index (κ3) is 5.14. The van der Waals surface area contributed by atoms with E-state index in [0.29, 0.717) is 25.2 Å². The Balaban J connectivity index is 1.69. The maximum Gasteiger partial charge on any atom is 0.287 e. The van der Waals surface area contributed by atoms with Crippen LogP contribution >= 0.6 is 0 Å². The van der Waals surface area contributed by atoms with Crippen molar-refractivity contribution in [3.63, 3.8) is 0 Å². The molecule has 2 amide bonds. The number of amides is 2. The third-order valence-electron chi connectivity index (χ3n) is 6.08. The van der Waals surface area contributed by atoms with Crippen molar-refractivity contribution in [2.75, 3.05) is 20.1 Å². The molecule has 1 aromatic heterocycles. The summed E-state index contributed by atoms with van der Waals surface area (Å²) < 4.78 is 5.17. The van der Waals surface area contributed by atoms with Crippen LogP contribution in [0.1, 0.15) is 61.9 Å². The second-order valence-electron chi connectivity index (χ2n) is 8.23. The zero-order valence-electron chi connectivity index (χ0n) is 16.6. The van der Waals surface area contributed by atoms with Crippen LogP contribution in [0.4, 0.5) is 0 Å². The molecule has 0 aromatic carbocycles. The minimum absolute atomic E-state index is 0.190. The van der Waals surface area contributed by atoms with Crippen LogP contribution < -0.4 is 10.6 Å². The van der Waals surface area contributed by atoms with Crippen molar-refractivity contribution >= 4 is 11.8 Å². The highest BCUT2D eigenvalue weighted by Crippen LogP contribution is 2.28. The molecule has 3 rings (SSSR count). The van der Waals surface area contributed by atoms with E-state index in [0.717, 1.165) is 25.9 Å². The zero-order valence-corrected chi connectivity index (χ0v) is 16.6. The fraction of sp³-hybridized carbons (Fsp3) is 0.667. The van der Waals surface area contributed by atoms with Crippen molar-refractivity contribution in [2.24, 2.45) is 5.92 Å². The van der Waals surface area contributed by atoms with E-state index in [9.17, 15) is 14.9 Å². The summed E-state index contributed by atoms with van der Waals surface area (Å²) >= 11 is 0. The van der Waals surface area contributed by atoms with Gasteiger partial charge in [0.05, 0.1) is 12.3 Å². The lowest BCUT2D eigenvalue weighted by Crippen LogP contribution is -2.58. The van der Waals surface area contributed by atoms with Gasteiger partial charge in [0, 0.05) is 13.1 Å². The Hall–Kier alpha value is -2.33. The topological polar surface area (TPSA) is 98.4 Å². The Morgan fingerprint density at radius 3 is 2.64 bits per heavy atom. The Labute approximate surface area is 166 Å². The molecule has 1 aromatic rings. The van der Waals surface area contributed by atoms with Crippen LogP contribution in [0.5, 0.6) is 0 Å². The van der Waals surface area contributed by atoms with Crippen molar-refractivity contribution in [3.05, 3.63) is 24.2 Å². The standard InChI is InChI=1S/C21H30N4O3/c1-25-11-9-21(15-22,10-12-25)24-19(26)17(14-16-6-3-2-4-7-16)23-20(27)18-8-5-13-28-18/h5,8,13,16-17H,2-4,6-7,9-12,14H2,1H3,(H,23,27)(H,24,26).